The number of sulfonamides is 1. The molecule has 0 heterocycles. The molecule has 0 radical (unpaired) electrons. The van der Waals surface area contributed by atoms with Gasteiger partial charge in [-0.25, -0.2) is 8.42 Å². The highest BCUT2D eigenvalue weighted by Gasteiger charge is 2.15. The first-order valence-corrected chi connectivity index (χ1v) is 8.23. The Morgan fingerprint density at radius 2 is 1.76 bits per heavy atom. The number of hydrogen-bond acceptors (Lipinski definition) is 3. The van der Waals surface area contributed by atoms with Gasteiger partial charge < -0.3 is 5.11 Å². The van der Waals surface area contributed by atoms with Crippen molar-refractivity contribution >= 4 is 27.3 Å². The summed E-state index contributed by atoms with van der Waals surface area (Å²) < 4.78 is 27.2. The molecule has 112 valence electrons. The monoisotopic (exact) mass is 325 g/mol. The Bertz CT molecular complexity index is 740. The van der Waals surface area contributed by atoms with Gasteiger partial charge in [-0.15, -0.1) is 0 Å². The van der Waals surface area contributed by atoms with Crippen LogP contribution in [0.3, 0.4) is 0 Å². The molecule has 0 amide bonds. The molecule has 0 aliphatic rings. The summed E-state index contributed by atoms with van der Waals surface area (Å²) in [5, 5.41) is 9.90. The molecule has 1 unspecified atom stereocenters. The molecule has 0 aliphatic heterocycles. The quantitative estimate of drug-likeness (QED) is 0.904. The Labute approximate surface area is 129 Å². The second-order valence-electron chi connectivity index (χ2n) is 4.81. The fraction of sp³-hybridized carbons (Fsp3) is 0.200. The lowest BCUT2D eigenvalue weighted by Crippen LogP contribution is -2.13. The molecule has 0 aromatic heterocycles. The average Bonchev–Trinajstić information content (AvgIpc) is 2.43. The molecule has 0 fully saturated rings. The zero-order chi connectivity index (χ0) is 15.6. The maximum absolute atomic E-state index is 12.3. The van der Waals surface area contributed by atoms with Crippen molar-refractivity contribution in [2.75, 3.05) is 4.72 Å². The Morgan fingerprint density at radius 1 is 1.14 bits per heavy atom. The third kappa shape index (κ3) is 3.75. The lowest BCUT2D eigenvalue weighted by atomic mass is 10.1. The summed E-state index contributed by atoms with van der Waals surface area (Å²) in [6.45, 7) is 3.42. The Morgan fingerprint density at radius 3 is 2.33 bits per heavy atom. The van der Waals surface area contributed by atoms with E-state index in [1.54, 1.807) is 44.2 Å². The highest BCUT2D eigenvalue weighted by molar-refractivity contribution is 7.92. The molecule has 6 heteroatoms. The van der Waals surface area contributed by atoms with Gasteiger partial charge in [0.1, 0.15) is 0 Å². The Kier molecular flexibility index (Phi) is 4.56. The van der Waals surface area contributed by atoms with Crippen LogP contribution < -0.4 is 4.72 Å². The standard InChI is InChI=1S/C15H16ClNO3S/c1-10-3-6-13(16)9-15(10)17-21(19,20)14-7-4-12(5-8-14)11(2)18/h3-9,11,17-18H,1-2H3. The van der Waals surface area contributed by atoms with Crippen LogP contribution in [0.1, 0.15) is 24.2 Å². The van der Waals surface area contributed by atoms with E-state index in [1.807, 2.05) is 0 Å². The zero-order valence-electron chi connectivity index (χ0n) is 11.7. The van der Waals surface area contributed by atoms with Crippen molar-refractivity contribution < 1.29 is 13.5 Å². The van der Waals surface area contributed by atoms with Gasteiger partial charge in [0, 0.05) is 5.02 Å². The molecule has 1 atom stereocenters. The van der Waals surface area contributed by atoms with Crippen LogP contribution in [0.25, 0.3) is 0 Å². The number of rotatable bonds is 4. The van der Waals surface area contributed by atoms with Gasteiger partial charge in [0.25, 0.3) is 10.0 Å². The third-order valence-corrected chi connectivity index (χ3v) is 4.73. The topological polar surface area (TPSA) is 66.4 Å². The van der Waals surface area contributed by atoms with Crippen LogP contribution in [0, 0.1) is 6.92 Å². The summed E-state index contributed by atoms with van der Waals surface area (Å²) in [5.41, 5.74) is 1.89. The maximum Gasteiger partial charge on any atom is 0.261 e. The van der Waals surface area contributed by atoms with E-state index >= 15 is 0 Å². The second kappa shape index (κ2) is 6.05. The minimum Gasteiger partial charge on any atom is -0.389 e. The van der Waals surface area contributed by atoms with Crippen molar-refractivity contribution in [2.24, 2.45) is 0 Å². The molecule has 0 bridgehead atoms. The van der Waals surface area contributed by atoms with E-state index < -0.39 is 16.1 Å². The SMILES string of the molecule is Cc1ccc(Cl)cc1NS(=O)(=O)c1ccc(C(C)O)cc1. The van der Waals surface area contributed by atoms with Gasteiger partial charge in [-0.1, -0.05) is 29.8 Å². The van der Waals surface area contributed by atoms with E-state index in [0.717, 1.165) is 5.56 Å². The summed E-state index contributed by atoms with van der Waals surface area (Å²) in [7, 11) is -3.69. The van der Waals surface area contributed by atoms with Crippen LogP contribution in [0.2, 0.25) is 5.02 Å². The summed E-state index contributed by atoms with van der Waals surface area (Å²) in [5.74, 6) is 0. The van der Waals surface area contributed by atoms with E-state index in [9.17, 15) is 13.5 Å². The van der Waals surface area contributed by atoms with Crippen molar-refractivity contribution in [1.29, 1.82) is 0 Å². The first-order chi connectivity index (χ1) is 9.79. The van der Waals surface area contributed by atoms with E-state index in [2.05, 4.69) is 4.72 Å². The van der Waals surface area contributed by atoms with Gasteiger partial charge in [0.2, 0.25) is 0 Å². The molecule has 0 aliphatic carbocycles. The van der Waals surface area contributed by atoms with E-state index in [1.165, 1.54) is 12.1 Å². The molecule has 2 aromatic rings. The molecule has 2 N–H and O–H groups in total. The largest absolute Gasteiger partial charge is 0.389 e. The fourth-order valence-corrected chi connectivity index (χ4v) is 3.13. The molecule has 2 rings (SSSR count). The highest BCUT2D eigenvalue weighted by atomic mass is 35.5. The maximum atomic E-state index is 12.3. The predicted octanol–water partition coefficient (Wildman–Crippen LogP) is 3.50. The molecule has 0 saturated carbocycles. The lowest BCUT2D eigenvalue weighted by molar-refractivity contribution is 0.199. The molecular weight excluding hydrogens is 310 g/mol. The smallest absolute Gasteiger partial charge is 0.261 e. The zero-order valence-corrected chi connectivity index (χ0v) is 13.2. The van der Waals surface area contributed by atoms with Crippen molar-refractivity contribution in [3.63, 3.8) is 0 Å². The Hall–Kier alpha value is -1.56. The van der Waals surface area contributed by atoms with Crippen LogP contribution in [0.15, 0.2) is 47.4 Å². The first kappa shape index (κ1) is 15.8. The Balaban J connectivity index is 2.31. The van der Waals surface area contributed by atoms with Crippen LogP contribution in [0.4, 0.5) is 5.69 Å². The van der Waals surface area contributed by atoms with Gasteiger partial charge in [-0.3, -0.25) is 4.72 Å². The predicted molar refractivity (Wildman–Crippen MR) is 84.1 cm³/mol. The van der Waals surface area contributed by atoms with E-state index in [0.29, 0.717) is 16.3 Å². The average molecular weight is 326 g/mol. The molecule has 4 nitrogen and oxygen atoms in total. The highest BCUT2D eigenvalue weighted by Crippen LogP contribution is 2.24. The van der Waals surface area contributed by atoms with Crippen molar-refractivity contribution in [1.82, 2.24) is 0 Å². The van der Waals surface area contributed by atoms with Crippen molar-refractivity contribution in [2.45, 2.75) is 24.8 Å². The lowest BCUT2D eigenvalue weighted by Gasteiger charge is -2.12. The summed E-state index contributed by atoms with van der Waals surface area (Å²) in [6.07, 6.45) is -0.634. The van der Waals surface area contributed by atoms with Gasteiger partial charge in [0.05, 0.1) is 16.7 Å². The van der Waals surface area contributed by atoms with Crippen LogP contribution in [-0.4, -0.2) is 13.5 Å². The van der Waals surface area contributed by atoms with Crippen LogP contribution >= 0.6 is 11.6 Å². The van der Waals surface area contributed by atoms with Gasteiger partial charge in [-0.2, -0.15) is 0 Å². The van der Waals surface area contributed by atoms with Crippen LogP contribution in [0.5, 0.6) is 0 Å². The molecular formula is C15H16ClNO3S. The third-order valence-electron chi connectivity index (χ3n) is 3.12. The van der Waals surface area contributed by atoms with Gasteiger partial charge >= 0.3 is 0 Å². The second-order valence-corrected chi connectivity index (χ2v) is 6.93. The van der Waals surface area contributed by atoms with E-state index in [4.69, 9.17) is 11.6 Å². The van der Waals surface area contributed by atoms with Crippen molar-refractivity contribution in [3.05, 3.63) is 58.6 Å². The summed E-state index contributed by atoms with van der Waals surface area (Å²) in [4.78, 5) is 0.131. The molecule has 21 heavy (non-hydrogen) atoms. The molecule has 0 spiro atoms. The number of hydrogen-bond donors (Lipinski definition) is 2. The summed E-state index contributed by atoms with van der Waals surface area (Å²) >= 11 is 5.88. The molecule has 2 aromatic carbocycles. The number of benzene rings is 2. The number of nitrogens with one attached hydrogen (secondary N) is 1. The van der Waals surface area contributed by atoms with E-state index in [-0.39, 0.29) is 4.90 Å². The number of aliphatic hydroxyl groups excluding tert-OH is 1. The minimum absolute atomic E-state index is 0.131. The van der Waals surface area contributed by atoms with Crippen molar-refractivity contribution in [3.8, 4) is 0 Å². The molecule has 0 saturated heterocycles. The van der Waals surface area contributed by atoms with Gasteiger partial charge in [-0.05, 0) is 49.2 Å². The van der Waals surface area contributed by atoms with Gasteiger partial charge in [0.15, 0.2) is 0 Å². The fourth-order valence-electron chi connectivity index (χ4n) is 1.83. The first-order valence-electron chi connectivity index (χ1n) is 6.36. The minimum atomic E-state index is -3.69. The van der Waals surface area contributed by atoms with Crippen LogP contribution in [-0.2, 0) is 10.0 Å². The number of aliphatic hydroxyl groups is 1. The normalized spacial score (nSPS) is 13.0. The number of halogens is 1. The number of anilines is 1. The summed E-state index contributed by atoms with van der Waals surface area (Å²) in [6, 6.07) is 11.1. The number of aryl methyl sites for hydroxylation is 1.